The molecular weight excluding hydrogens is 326 g/mol. The van der Waals surface area contributed by atoms with Gasteiger partial charge in [0.25, 0.3) is 0 Å². The lowest BCUT2D eigenvalue weighted by Crippen LogP contribution is -2.27. The lowest BCUT2D eigenvalue weighted by Gasteiger charge is -2.24. The fourth-order valence-electron chi connectivity index (χ4n) is 4.00. The number of carbonyl (C=O) groups excluding carboxylic acids is 1. The highest BCUT2D eigenvalue weighted by molar-refractivity contribution is 5.59. The summed E-state index contributed by atoms with van der Waals surface area (Å²) in [6.07, 6.45) is 3.78. The molecule has 4 nitrogen and oxygen atoms in total. The number of ether oxygens (including phenoxy) is 2. The molecule has 26 heavy (non-hydrogen) atoms. The molecule has 0 saturated carbocycles. The zero-order valence-corrected chi connectivity index (χ0v) is 15.8. The number of hydrogen-bond donors (Lipinski definition) is 0. The SMILES string of the molecule is CCCc1c2c(cc(OC)c1OC)C(c1ccccc1)CN(C=O)CC2. The number of nitrogens with zero attached hydrogens (tertiary/aromatic N) is 1. The van der Waals surface area contributed by atoms with Crippen molar-refractivity contribution in [2.45, 2.75) is 32.1 Å². The average molecular weight is 353 g/mol. The van der Waals surface area contributed by atoms with Crippen LogP contribution in [-0.4, -0.2) is 38.6 Å². The molecule has 0 aromatic heterocycles. The lowest BCUT2D eigenvalue weighted by molar-refractivity contribution is -0.118. The Kier molecular flexibility index (Phi) is 5.82. The second-order valence-corrected chi connectivity index (χ2v) is 6.72. The quantitative estimate of drug-likeness (QED) is 0.742. The molecule has 0 fully saturated rings. The van der Waals surface area contributed by atoms with E-state index < -0.39 is 0 Å². The van der Waals surface area contributed by atoms with Crippen molar-refractivity contribution in [1.29, 1.82) is 0 Å². The lowest BCUT2D eigenvalue weighted by atomic mass is 9.84. The van der Waals surface area contributed by atoms with Crippen molar-refractivity contribution in [2.24, 2.45) is 0 Å². The van der Waals surface area contributed by atoms with Gasteiger partial charge in [0.2, 0.25) is 6.41 Å². The summed E-state index contributed by atoms with van der Waals surface area (Å²) in [7, 11) is 3.39. The summed E-state index contributed by atoms with van der Waals surface area (Å²) in [5.74, 6) is 1.74. The van der Waals surface area contributed by atoms with Crippen molar-refractivity contribution in [1.82, 2.24) is 4.90 Å². The van der Waals surface area contributed by atoms with E-state index in [0.29, 0.717) is 6.54 Å². The Labute approximate surface area is 155 Å². The van der Waals surface area contributed by atoms with Crippen LogP contribution in [-0.2, 0) is 17.6 Å². The molecule has 0 bridgehead atoms. The van der Waals surface area contributed by atoms with Gasteiger partial charge in [0.15, 0.2) is 11.5 Å². The van der Waals surface area contributed by atoms with Crippen molar-refractivity contribution >= 4 is 6.41 Å². The minimum atomic E-state index is 0.134. The Balaban J connectivity index is 2.23. The van der Waals surface area contributed by atoms with Gasteiger partial charge in [-0.15, -0.1) is 0 Å². The van der Waals surface area contributed by atoms with E-state index in [1.807, 2.05) is 11.0 Å². The molecule has 1 heterocycles. The second-order valence-electron chi connectivity index (χ2n) is 6.72. The molecule has 1 unspecified atom stereocenters. The second kappa shape index (κ2) is 8.26. The molecular formula is C22H27NO3. The molecule has 0 saturated heterocycles. The van der Waals surface area contributed by atoms with Gasteiger partial charge in [0, 0.05) is 24.6 Å². The molecule has 1 aliphatic heterocycles. The van der Waals surface area contributed by atoms with E-state index in [9.17, 15) is 4.79 Å². The maximum atomic E-state index is 11.6. The summed E-state index contributed by atoms with van der Waals surface area (Å²) in [6.45, 7) is 3.59. The predicted molar refractivity (Wildman–Crippen MR) is 103 cm³/mol. The highest BCUT2D eigenvalue weighted by atomic mass is 16.5. The molecule has 0 N–H and O–H groups in total. The van der Waals surface area contributed by atoms with Gasteiger partial charge in [-0.25, -0.2) is 0 Å². The summed E-state index contributed by atoms with van der Waals surface area (Å²) in [6, 6.07) is 12.5. The Hall–Kier alpha value is -2.49. The molecule has 1 atom stereocenters. The van der Waals surface area contributed by atoms with Crippen LogP contribution in [0.4, 0.5) is 0 Å². The minimum absolute atomic E-state index is 0.134. The third kappa shape index (κ3) is 3.41. The van der Waals surface area contributed by atoms with Gasteiger partial charge >= 0.3 is 0 Å². The van der Waals surface area contributed by atoms with E-state index in [2.05, 4.69) is 37.3 Å². The van der Waals surface area contributed by atoms with Gasteiger partial charge in [-0.3, -0.25) is 4.79 Å². The monoisotopic (exact) mass is 353 g/mol. The third-order valence-electron chi connectivity index (χ3n) is 5.21. The number of amides is 1. The van der Waals surface area contributed by atoms with Crippen molar-refractivity contribution in [2.75, 3.05) is 27.3 Å². The zero-order chi connectivity index (χ0) is 18.5. The summed E-state index contributed by atoms with van der Waals surface area (Å²) >= 11 is 0. The summed E-state index contributed by atoms with van der Waals surface area (Å²) < 4.78 is 11.4. The van der Waals surface area contributed by atoms with Crippen LogP contribution in [0.5, 0.6) is 11.5 Å². The molecule has 1 amide bonds. The van der Waals surface area contributed by atoms with Gasteiger partial charge in [0.05, 0.1) is 14.2 Å². The van der Waals surface area contributed by atoms with E-state index in [-0.39, 0.29) is 5.92 Å². The average Bonchev–Trinajstić information content (AvgIpc) is 2.88. The van der Waals surface area contributed by atoms with E-state index in [0.717, 1.165) is 43.7 Å². The molecule has 4 heteroatoms. The first-order valence-electron chi connectivity index (χ1n) is 9.24. The normalized spacial score (nSPS) is 16.6. The fraction of sp³-hybridized carbons (Fsp3) is 0.409. The van der Waals surface area contributed by atoms with E-state index in [4.69, 9.17) is 9.47 Å². The summed E-state index contributed by atoms with van der Waals surface area (Å²) in [5, 5.41) is 0. The molecule has 3 rings (SSSR count). The Morgan fingerprint density at radius 1 is 1.19 bits per heavy atom. The molecule has 0 aliphatic carbocycles. The highest BCUT2D eigenvalue weighted by Gasteiger charge is 2.28. The van der Waals surface area contributed by atoms with Crippen molar-refractivity contribution < 1.29 is 14.3 Å². The molecule has 0 spiro atoms. The number of hydrogen-bond acceptors (Lipinski definition) is 3. The number of carbonyl (C=O) groups is 1. The van der Waals surface area contributed by atoms with E-state index in [1.165, 1.54) is 22.3 Å². The Morgan fingerprint density at radius 2 is 1.96 bits per heavy atom. The van der Waals surface area contributed by atoms with Crippen molar-refractivity contribution in [3.63, 3.8) is 0 Å². The minimum Gasteiger partial charge on any atom is -0.493 e. The van der Waals surface area contributed by atoms with Gasteiger partial charge in [-0.1, -0.05) is 43.7 Å². The number of rotatable bonds is 6. The Morgan fingerprint density at radius 3 is 2.58 bits per heavy atom. The third-order valence-corrected chi connectivity index (χ3v) is 5.21. The molecule has 138 valence electrons. The van der Waals surface area contributed by atoms with Crippen LogP contribution < -0.4 is 9.47 Å². The van der Waals surface area contributed by atoms with Crippen LogP contribution in [0.3, 0.4) is 0 Å². The van der Waals surface area contributed by atoms with Crippen molar-refractivity contribution in [3.8, 4) is 11.5 Å². The Bertz CT molecular complexity index is 758. The number of fused-ring (bicyclic) bond motifs is 1. The van der Waals surface area contributed by atoms with Crippen molar-refractivity contribution in [3.05, 3.63) is 58.7 Å². The van der Waals surface area contributed by atoms with Crippen LogP contribution in [0.15, 0.2) is 36.4 Å². The van der Waals surface area contributed by atoms with E-state index >= 15 is 0 Å². The van der Waals surface area contributed by atoms with Crippen LogP contribution >= 0.6 is 0 Å². The maximum Gasteiger partial charge on any atom is 0.209 e. The fourth-order valence-corrected chi connectivity index (χ4v) is 4.00. The molecule has 0 radical (unpaired) electrons. The summed E-state index contributed by atoms with van der Waals surface area (Å²) in [5.41, 5.74) is 5.00. The number of benzene rings is 2. The van der Waals surface area contributed by atoms with Crippen LogP contribution in [0.25, 0.3) is 0 Å². The van der Waals surface area contributed by atoms with Crippen LogP contribution in [0.1, 0.15) is 41.5 Å². The number of methoxy groups -OCH3 is 2. The predicted octanol–water partition coefficient (Wildman–Crippen LogP) is 3.80. The maximum absolute atomic E-state index is 11.6. The smallest absolute Gasteiger partial charge is 0.209 e. The first-order valence-corrected chi connectivity index (χ1v) is 9.24. The molecule has 2 aromatic carbocycles. The van der Waals surface area contributed by atoms with Gasteiger partial charge < -0.3 is 14.4 Å². The zero-order valence-electron chi connectivity index (χ0n) is 15.8. The van der Waals surface area contributed by atoms with E-state index in [1.54, 1.807) is 14.2 Å². The largest absolute Gasteiger partial charge is 0.493 e. The van der Waals surface area contributed by atoms with Crippen LogP contribution in [0, 0.1) is 0 Å². The standard InChI is InChI=1S/C22H27NO3/c1-4-8-18-17-11-12-23(15-24)14-20(16-9-6-5-7-10-16)19(17)13-21(25-2)22(18)26-3/h5-7,9-10,13,15,20H,4,8,11-12,14H2,1-3H3. The first-order chi connectivity index (χ1) is 12.7. The van der Waals surface area contributed by atoms with Crippen LogP contribution in [0.2, 0.25) is 0 Å². The van der Waals surface area contributed by atoms with Gasteiger partial charge in [-0.2, -0.15) is 0 Å². The topological polar surface area (TPSA) is 38.8 Å². The highest BCUT2D eigenvalue weighted by Crippen LogP contribution is 2.42. The molecule has 1 aliphatic rings. The first kappa shape index (κ1) is 18.3. The summed E-state index contributed by atoms with van der Waals surface area (Å²) in [4.78, 5) is 13.5. The van der Waals surface area contributed by atoms with Gasteiger partial charge in [0.1, 0.15) is 0 Å². The van der Waals surface area contributed by atoms with Gasteiger partial charge in [-0.05, 0) is 35.6 Å². The molecule has 2 aromatic rings.